The van der Waals surface area contributed by atoms with Crippen LogP contribution in [-0.4, -0.2) is 35.5 Å². The maximum Gasteiger partial charge on any atom is 0.310 e. The topological polar surface area (TPSA) is 42.4 Å². The zero-order valence-electron chi connectivity index (χ0n) is 11.3. The summed E-state index contributed by atoms with van der Waals surface area (Å²) in [6.07, 6.45) is 4.97. The van der Waals surface area contributed by atoms with Gasteiger partial charge in [-0.05, 0) is 25.7 Å². The lowest BCUT2D eigenvalue weighted by molar-refractivity contribution is -0.141. The Morgan fingerprint density at radius 3 is 2.95 bits per heavy atom. The number of ether oxygens (including phenoxy) is 1. The number of aryl methyl sites for hydroxylation is 2. The maximum absolute atomic E-state index is 11.6. The zero-order chi connectivity index (χ0) is 12.8. The first-order valence-corrected chi connectivity index (χ1v) is 7.97. The highest BCUT2D eigenvalue weighted by molar-refractivity contribution is 7.11. The lowest BCUT2D eigenvalue weighted by atomic mass is 10.0. The SMILES string of the molecule is Cl.O=C1OC[C@H]2CN(Cc3nc4c(s3)CCCC4)C[C@@H]12. The Kier molecular flexibility index (Phi) is 4.02. The van der Waals surface area contributed by atoms with Gasteiger partial charge in [-0.2, -0.15) is 0 Å². The Hall–Kier alpha value is -0.650. The van der Waals surface area contributed by atoms with E-state index in [0.29, 0.717) is 12.5 Å². The molecule has 2 fully saturated rings. The second-order valence-corrected chi connectivity index (χ2v) is 7.04. The van der Waals surface area contributed by atoms with E-state index in [2.05, 4.69) is 4.90 Å². The molecule has 3 heterocycles. The van der Waals surface area contributed by atoms with Gasteiger partial charge in [0, 0.05) is 23.9 Å². The first-order valence-electron chi connectivity index (χ1n) is 7.16. The second kappa shape index (κ2) is 5.62. The molecule has 0 N–H and O–H groups in total. The van der Waals surface area contributed by atoms with Crippen molar-refractivity contribution in [3.05, 3.63) is 15.6 Å². The molecule has 20 heavy (non-hydrogen) atoms. The minimum atomic E-state index is 0. The van der Waals surface area contributed by atoms with Crippen LogP contribution in [0.25, 0.3) is 0 Å². The zero-order valence-corrected chi connectivity index (χ0v) is 13.0. The van der Waals surface area contributed by atoms with Crippen molar-refractivity contribution in [1.82, 2.24) is 9.88 Å². The van der Waals surface area contributed by atoms with Crippen LogP contribution in [0, 0.1) is 11.8 Å². The number of carbonyl (C=O) groups is 1. The fraction of sp³-hybridized carbons (Fsp3) is 0.714. The normalized spacial score (nSPS) is 28.7. The molecular weight excluding hydrogens is 296 g/mol. The smallest absolute Gasteiger partial charge is 0.310 e. The number of rotatable bonds is 2. The van der Waals surface area contributed by atoms with E-state index in [1.54, 1.807) is 0 Å². The molecule has 0 bridgehead atoms. The lowest BCUT2D eigenvalue weighted by Gasteiger charge is -2.14. The number of hydrogen-bond donors (Lipinski definition) is 0. The molecule has 0 radical (unpaired) electrons. The fourth-order valence-electron chi connectivity index (χ4n) is 3.49. The van der Waals surface area contributed by atoms with Crippen LogP contribution >= 0.6 is 23.7 Å². The van der Waals surface area contributed by atoms with Gasteiger partial charge in [0.05, 0.1) is 24.8 Å². The van der Waals surface area contributed by atoms with Crippen LogP contribution in [0.15, 0.2) is 0 Å². The molecule has 3 aliphatic rings. The highest BCUT2D eigenvalue weighted by atomic mass is 35.5. The monoisotopic (exact) mass is 314 g/mol. The van der Waals surface area contributed by atoms with Gasteiger partial charge >= 0.3 is 5.97 Å². The van der Waals surface area contributed by atoms with Crippen molar-refractivity contribution in [1.29, 1.82) is 0 Å². The van der Waals surface area contributed by atoms with Gasteiger partial charge < -0.3 is 4.74 Å². The van der Waals surface area contributed by atoms with Crippen LogP contribution in [-0.2, 0) is 28.9 Å². The number of carbonyl (C=O) groups excluding carboxylic acids is 1. The van der Waals surface area contributed by atoms with Crippen molar-refractivity contribution in [2.24, 2.45) is 11.8 Å². The summed E-state index contributed by atoms with van der Waals surface area (Å²) in [6.45, 7) is 3.38. The summed E-state index contributed by atoms with van der Waals surface area (Å²) in [5, 5.41) is 1.24. The van der Waals surface area contributed by atoms with E-state index in [1.807, 2.05) is 11.3 Å². The van der Waals surface area contributed by atoms with Crippen LogP contribution in [0.4, 0.5) is 0 Å². The third kappa shape index (κ3) is 2.47. The van der Waals surface area contributed by atoms with Crippen LogP contribution in [0.3, 0.4) is 0 Å². The van der Waals surface area contributed by atoms with E-state index >= 15 is 0 Å². The quantitative estimate of drug-likeness (QED) is 0.784. The van der Waals surface area contributed by atoms with E-state index in [9.17, 15) is 4.79 Å². The number of esters is 1. The molecule has 0 unspecified atom stereocenters. The van der Waals surface area contributed by atoms with Crippen LogP contribution in [0.1, 0.15) is 28.4 Å². The van der Waals surface area contributed by atoms with Gasteiger partial charge in [-0.1, -0.05) is 0 Å². The molecule has 6 heteroatoms. The first-order chi connectivity index (χ1) is 9.29. The minimum Gasteiger partial charge on any atom is -0.465 e. The van der Waals surface area contributed by atoms with E-state index in [0.717, 1.165) is 26.1 Å². The molecule has 2 saturated heterocycles. The number of hydrogen-bond acceptors (Lipinski definition) is 5. The molecular formula is C14H19ClN2O2S. The van der Waals surface area contributed by atoms with Gasteiger partial charge in [-0.15, -0.1) is 23.7 Å². The molecule has 4 rings (SSSR count). The van der Waals surface area contributed by atoms with Crippen molar-refractivity contribution in [3.8, 4) is 0 Å². The molecule has 2 aliphatic heterocycles. The molecule has 0 saturated carbocycles. The number of halogens is 1. The lowest BCUT2D eigenvalue weighted by Crippen LogP contribution is -2.23. The van der Waals surface area contributed by atoms with Crippen molar-refractivity contribution < 1.29 is 9.53 Å². The van der Waals surface area contributed by atoms with E-state index < -0.39 is 0 Å². The average Bonchev–Trinajstić information content (AvgIpc) is 3.06. The van der Waals surface area contributed by atoms with Crippen molar-refractivity contribution in [2.75, 3.05) is 19.7 Å². The third-order valence-corrected chi connectivity index (χ3v) is 5.65. The van der Waals surface area contributed by atoms with Crippen LogP contribution < -0.4 is 0 Å². The van der Waals surface area contributed by atoms with Gasteiger partial charge in [0.1, 0.15) is 5.01 Å². The summed E-state index contributed by atoms with van der Waals surface area (Å²) in [7, 11) is 0. The summed E-state index contributed by atoms with van der Waals surface area (Å²) in [6, 6.07) is 0. The number of aromatic nitrogens is 1. The average molecular weight is 315 g/mol. The molecule has 110 valence electrons. The Morgan fingerprint density at radius 1 is 1.30 bits per heavy atom. The number of cyclic esters (lactones) is 1. The van der Waals surface area contributed by atoms with Gasteiger partial charge in [0.2, 0.25) is 0 Å². The van der Waals surface area contributed by atoms with Crippen molar-refractivity contribution in [3.63, 3.8) is 0 Å². The predicted molar refractivity (Wildman–Crippen MR) is 79.2 cm³/mol. The van der Waals surface area contributed by atoms with E-state index in [-0.39, 0.29) is 24.3 Å². The minimum absolute atomic E-state index is 0. The predicted octanol–water partition coefficient (Wildman–Crippen LogP) is 2.05. The third-order valence-electron chi connectivity index (χ3n) is 4.51. The fourth-order valence-corrected chi connectivity index (χ4v) is 4.69. The molecule has 2 atom stereocenters. The molecule has 0 amide bonds. The largest absolute Gasteiger partial charge is 0.465 e. The number of thiazole rings is 1. The molecule has 0 spiro atoms. The Labute approximate surface area is 128 Å². The first kappa shape index (κ1) is 14.3. The summed E-state index contributed by atoms with van der Waals surface area (Å²) in [5.41, 5.74) is 1.34. The number of fused-ring (bicyclic) bond motifs is 2. The van der Waals surface area contributed by atoms with Crippen LogP contribution in [0.5, 0.6) is 0 Å². The summed E-state index contributed by atoms with van der Waals surface area (Å²) >= 11 is 1.88. The van der Waals surface area contributed by atoms with Crippen molar-refractivity contribution in [2.45, 2.75) is 32.2 Å². The highest BCUT2D eigenvalue weighted by Crippen LogP contribution is 2.33. The van der Waals surface area contributed by atoms with E-state index in [4.69, 9.17) is 9.72 Å². The second-order valence-electron chi connectivity index (χ2n) is 5.88. The summed E-state index contributed by atoms with van der Waals surface area (Å²) in [4.78, 5) is 20.2. The molecule has 0 aromatic carbocycles. The Morgan fingerprint density at radius 2 is 2.15 bits per heavy atom. The van der Waals surface area contributed by atoms with Gasteiger partial charge in [-0.3, -0.25) is 9.69 Å². The molecule has 4 nitrogen and oxygen atoms in total. The van der Waals surface area contributed by atoms with Crippen molar-refractivity contribution >= 4 is 29.7 Å². The van der Waals surface area contributed by atoms with Gasteiger partial charge in [0.15, 0.2) is 0 Å². The molecule has 1 aromatic rings. The molecule has 1 aromatic heterocycles. The number of nitrogens with zero attached hydrogens (tertiary/aromatic N) is 2. The van der Waals surface area contributed by atoms with Gasteiger partial charge in [0.25, 0.3) is 0 Å². The Balaban J connectivity index is 0.00000121. The Bertz CT molecular complexity index is 496. The van der Waals surface area contributed by atoms with Crippen LogP contribution in [0.2, 0.25) is 0 Å². The standard InChI is InChI=1S/C14H18N2O2S.ClH/c17-14-10-6-16(5-9(10)8-18-14)7-13-15-11-3-1-2-4-12(11)19-13;/h9-10H,1-8H2;1H/t9-,10-;/m1./s1. The number of likely N-dealkylation sites (tertiary alicyclic amines) is 1. The highest BCUT2D eigenvalue weighted by Gasteiger charge is 2.43. The maximum atomic E-state index is 11.6. The molecule has 1 aliphatic carbocycles. The summed E-state index contributed by atoms with van der Waals surface area (Å²) in [5.74, 6) is 0.544. The summed E-state index contributed by atoms with van der Waals surface area (Å²) < 4.78 is 5.11. The van der Waals surface area contributed by atoms with E-state index in [1.165, 1.54) is 34.8 Å². The van der Waals surface area contributed by atoms with Gasteiger partial charge in [-0.25, -0.2) is 4.98 Å².